The van der Waals surface area contributed by atoms with Crippen LogP contribution in [0.3, 0.4) is 0 Å². The molecule has 2 aliphatic rings. The molecular formula is C19H15ClF4N2O2. The third-order valence-electron chi connectivity index (χ3n) is 4.95. The smallest absolute Gasteiger partial charge is 0.455 e. The van der Waals surface area contributed by atoms with Gasteiger partial charge in [-0.25, -0.2) is 4.39 Å². The summed E-state index contributed by atoms with van der Waals surface area (Å²) in [5.41, 5.74) is 1.08. The van der Waals surface area contributed by atoms with Crippen molar-refractivity contribution in [2.75, 3.05) is 11.4 Å². The van der Waals surface area contributed by atoms with Crippen molar-refractivity contribution in [1.29, 1.82) is 0 Å². The molecule has 0 aliphatic carbocycles. The summed E-state index contributed by atoms with van der Waals surface area (Å²) in [6.07, 6.45) is -4.09. The summed E-state index contributed by atoms with van der Waals surface area (Å²) in [5.74, 6) is -1.92. The molecule has 2 aromatic carbocycles. The van der Waals surface area contributed by atoms with E-state index in [-0.39, 0.29) is 5.75 Å². The summed E-state index contributed by atoms with van der Waals surface area (Å²) in [6.45, 7) is 0.524. The average Bonchev–Trinajstić information content (AvgIpc) is 2.75. The number of hydrogen-bond acceptors (Lipinski definition) is 3. The Kier molecular flexibility index (Phi) is 4.61. The highest BCUT2D eigenvalue weighted by Crippen LogP contribution is 2.48. The van der Waals surface area contributed by atoms with Gasteiger partial charge in [-0.05, 0) is 37.1 Å². The van der Waals surface area contributed by atoms with Crippen LogP contribution >= 0.6 is 11.6 Å². The third kappa shape index (κ3) is 3.37. The van der Waals surface area contributed by atoms with E-state index >= 15 is 0 Å². The van der Waals surface area contributed by atoms with E-state index in [2.05, 4.69) is 5.32 Å². The van der Waals surface area contributed by atoms with Gasteiger partial charge in [-0.15, -0.1) is 0 Å². The van der Waals surface area contributed by atoms with Crippen LogP contribution in [0.5, 0.6) is 11.5 Å². The van der Waals surface area contributed by atoms with Crippen molar-refractivity contribution in [3.05, 3.63) is 52.8 Å². The number of nitrogens with zero attached hydrogens (tertiary/aromatic N) is 1. The van der Waals surface area contributed by atoms with Gasteiger partial charge < -0.3 is 15.0 Å². The van der Waals surface area contributed by atoms with Crippen LogP contribution in [0.15, 0.2) is 36.4 Å². The van der Waals surface area contributed by atoms with E-state index < -0.39 is 30.0 Å². The molecule has 148 valence electrons. The van der Waals surface area contributed by atoms with Gasteiger partial charge in [0.05, 0.1) is 17.8 Å². The zero-order valence-corrected chi connectivity index (χ0v) is 15.1. The Labute approximate surface area is 163 Å². The standard InChI is InChI=1S/C19H15ClF4N2O2/c20-10-3-6-15-14(8-10)26-7-1-2-13(25-18(27)19(22,23)24)17(26)12-5-4-11(21)9-16(12)28-15/h3-6,8-9,13,17H,1-2,7H2,(H,25,27). The molecule has 2 aromatic rings. The normalized spacial score (nSPS) is 21.0. The van der Waals surface area contributed by atoms with Crippen LogP contribution in [-0.2, 0) is 4.79 Å². The summed E-state index contributed by atoms with van der Waals surface area (Å²) >= 11 is 6.12. The average molecular weight is 415 g/mol. The summed E-state index contributed by atoms with van der Waals surface area (Å²) in [4.78, 5) is 13.4. The molecule has 0 spiro atoms. The Balaban J connectivity index is 1.83. The lowest BCUT2D eigenvalue weighted by Gasteiger charge is -2.42. The second-order valence-corrected chi connectivity index (χ2v) is 7.19. The molecule has 2 aliphatic heterocycles. The highest BCUT2D eigenvalue weighted by atomic mass is 35.5. The van der Waals surface area contributed by atoms with Crippen LogP contribution in [0.4, 0.5) is 23.2 Å². The van der Waals surface area contributed by atoms with Crippen LogP contribution < -0.4 is 15.0 Å². The van der Waals surface area contributed by atoms with Crippen LogP contribution in [0.2, 0.25) is 5.02 Å². The van der Waals surface area contributed by atoms with Gasteiger partial charge in [-0.3, -0.25) is 4.79 Å². The summed E-state index contributed by atoms with van der Waals surface area (Å²) in [5, 5.41) is 2.53. The minimum atomic E-state index is -4.99. The highest BCUT2D eigenvalue weighted by Gasteiger charge is 2.44. The maximum Gasteiger partial charge on any atom is 0.471 e. The predicted octanol–water partition coefficient (Wildman–Crippen LogP) is 4.97. The van der Waals surface area contributed by atoms with E-state index in [9.17, 15) is 22.4 Å². The molecular weight excluding hydrogens is 400 g/mol. The zero-order chi connectivity index (χ0) is 20.1. The first kappa shape index (κ1) is 18.9. The minimum absolute atomic E-state index is 0.198. The van der Waals surface area contributed by atoms with Crippen molar-refractivity contribution in [3.8, 4) is 11.5 Å². The van der Waals surface area contributed by atoms with Gasteiger partial charge in [-0.2, -0.15) is 13.2 Å². The number of hydrogen-bond donors (Lipinski definition) is 1. The summed E-state index contributed by atoms with van der Waals surface area (Å²) < 4.78 is 58.2. The predicted molar refractivity (Wildman–Crippen MR) is 95.2 cm³/mol. The first-order chi connectivity index (χ1) is 13.2. The Hall–Kier alpha value is -2.48. The van der Waals surface area contributed by atoms with Gasteiger partial charge in [-0.1, -0.05) is 17.7 Å². The van der Waals surface area contributed by atoms with E-state index in [0.29, 0.717) is 41.4 Å². The number of anilines is 1. The number of alkyl halides is 3. The largest absolute Gasteiger partial charge is 0.471 e. The quantitative estimate of drug-likeness (QED) is 0.670. The number of piperidine rings is 1. The van der Waals surface area contributed by atoms with E-state index in [1.165, 1.54) is 18.2 Å². The molecule has 1 fully saturated rings. The Morgan fingerprint density at radius 3 is 2.71 bits per heavy atom. The third-order valence-corrected chi connectivity index (χ3v) is 5.18. The van der Waals surface area contributed by atoms with Gasteiger partial charge in [0.1, 0.15) is 11.6 Å². The number of benzene rings is 2. The van der Waals surface area contributed by atoms with Crippen molar-refractivity contribution in [1.82, 2.24) is 5.32 Å². The molecule has 0 saturated carbocycles. The molecule has 1 saturated heterocycles. The lowest BCUT2D eigenvalue weighted by Crippen LogP contribution is -2.52. The van der Waals surface area contributed by atoms with Crippen molar-refractivity contribution in [2.24, 2.45) is 0 Å². The maximum absolute atomic E-state index is 13.8. The molecule has 4 nitrogen and oxygen atoms in total. The second-order valence-electron chi connectivity index (χ2n) is 6.75. The topological polar surface area (TPSA) is 41.6 Å². The molecule has 2 unspecified atom stereocenters. The Bertz CT molecular complexity index is 935. The second kappa shape index (κ2) is 6.84. The number of ether oxygens (including phenoxy) is 1. The minimum Gasteiger partial charge on any atom is -0.455 e. The number of rotatable bonds is 1. The van der Waals surface area contributed by atoms with Crippen LogP contribution in [0.25, 0.3) is 0 Å². The molecule has 9 heteroatoms. The summed E-state index contributed by atoms with van der Waals surface area (Å²) in [6, 6.07) is 7.30. The van der Waals surface area contributed by atoms with Crippen LogP contribution in [-0.4, -0.2) is 24.7 Å². The van der Waals surface area contributed by atoms with Crippen molar-refractivity contribution in [2.45, 2.75) is 31.1 Å². The van der Waals surface area contributed by atoms with Crippen LogP contribution in [0.1, 0.15) is 24.4 Å². The highest BCUT2D eigenvalue weighted by molar-refractivity contribution is 6.31. The molecule has 2 atom stereocenters. The SMILES string of the molecule is O=C(NC1CCCN2c3cc(Cl)ccc3Oc3cc(F)ccc3C12)C(F)(F)F. The molecule has 2 heterocycles. The van der Waals surface area contributed by atoms with Gasteiger partial charge in [0.2, 0.25) is 0 Å². The van der Waals surface area contributed by atoms with E-state index in [1.807, 2.05) is 4.90 Å². The van der Waals surface area contributed by atoms with Gasteiger partial charge >= 0.3 is 12.1 Å². The van der Waals surface area contributed by atoms with Crippen molar-refractivity contribution >= 4 is 23.2 Å². The van der Waals surface area contributed by atoms with E-state index in [0.717, 1.165) is 0 Å². The van der Waals surface area contributed by atoms with Gasteiger partial charge in [0.15, 0.2) is 5.75 Å². The fraction of sp³-hybridized carbons (Fsp3) is 0.316. The number of carbonyl (C=O) groups excluding carboxylic acids is 1. The number of nitrogens with one attached hydrogen (secondary N) is 1. The molecule has 0 aromatic heterocycles. The summed E-state index contributed by atoms with van der Waals surface area (Å²) in [7, 11) is 0. The fourth-order valence-electron chi connectivity index (χ4n) is 3.81. The monoisotopic (exact) mass is 414 g/mol. The van der Waals surface area contributed by atoms with E-state index in [4.69, 9.17) is 16.3 Å². The number of carbonyl (C=O) groups is 1. The Morgan fingerprint density at radius 1 is 1.18 bits per heavy atom. The number of amides is 1. The van der Waals surface area contributed by atoms with E-state index in [1.54, 1.807) is 18.2 Å². The lowest BCUT2D eigenvalue weighted by atomic mass is 9.89. The Morgan fingerprint density at radius 2 is 1.96 bits per heavy atom. The number of halogens is 5. The first-order valence-corrected chi connectivity index (χ1v) is 9.03. The lowest BCUT2D eigenvalue weighted by molar-refractivity contribution is -0.174. The van der Waals surface area contributed by atoms with Crippen LogP contribution in [0, 0.1) is 5.82 Å². The molecule has 0 radical (unpaired) electrons. The molecule has 28 heavy (non-hydrogen) atoms. The first-order valence-electron chi connectivity index (χ1n) is 8.65. The van der Waals surface area contributed by atoms with Crippen molar-refractivity contribution in [3.63, 3.8) is 0 Å². The van der Waals surface area contributed by atoms with Gasteiger partial charge in [0.25, 0.3) is 0 Å². The molecule has 4 rings (SSSR count). The van der Waals surface area contributed by atoms with Crippen molar-refractivity contribution < 1.29 is 27.1 Å². The molecule has 1 N–H and O–H groups in total. The zero-order valence-electron chi connectivity index (χ0n) is 14.4. The molecule has 0 bridgehead atoms. The fourth-order valence-corrected chi connectivity index (χ4v) is 3.98. The maximum atomic E-state index is 13.8. The van der Waals surface area contributed by atoms with Gasteiger partial charge in [0, 0.05) is 23.2 Å². The number of fused-ring (bicyclic) bond motifs is 5. The molecule has 1 amide bonds.